The van der Waals surface area contributed by atoms with Crippen molar-refractivity contribution in [3.8, 4) is 0 Å². The zero-order valence-corrected chi connectivity index (χ0v) is 8.84. The molecule has 1 aromatic carbocycles. The molecule has 3 heteroatoms. The second kappa shape index (κ2) is 3.62. The van der Waals surface area contributed by atoms with Crippen molar-refractivity contribution in [1.29, 1.82) is 0 Å². The van der Waals surface area contributed by atoms with Crippen LogP contribution in [0.25, 0.3) is 0 Å². The highest BCUT2D eigenvalue weighted by molar-refractivity contribution is 6.34. The Morgan fingerprint density at radius 1 is 1.50 bits per heavy atom. The standard InChI is InChI=1S/C11H12ClNO/c1-2-13-7-6-10(14)8-4-3-5-9(12)11(8)13/h3-5H,2,6-7H2,1H3. The molecule has 0 amide bonds. The number of hydrogen-bond acceptors (Lipinski definition) is 2. The number of carbonyl (C=O) groups excluding carboxylic acids is 1. The lowest BCUT2D eigenvalue weighted by Gasteiger charge is -2.30. The minimum atomic E-state index is 0.201. The van der Waals surface area contributed by atoms with Gasteiger partial charge in [-0.25, -0.2) is 0 Å². The van der Waals surface area contributed by atoms with Crippen molar-refractivity contribution in [1.82, 2.24) is 0 Å². The highest BCUT2D eigenvalue weighted by atomic mass is 35.5. The van der Waals surface area contributed by atoms with Crippen LogP contribution in [0.4, 0.5) is 5.69 Å². The summed E-state index contributed by atoms with van der Waals surface area (Å²) in [4.78, 5) is 13.8. The fourth-order valence-corrected chi connectivity index (χ4v) is 2.16. The number of fused-ring (bicyclic) bond motifs is 1. The number of Topliss-reactive ketones (excluding diaryl/α,β-unsaturated/α-hetero) is 1. The van der Waals surface area contributed by atoms with Crippen LogP contribution in [-0.2, 0) is 0 Å². The molecule has 0 radical (unpaired) electrons. The molecule has 0 saturated heterocycles. The van der Waals surface area contributed by atoms with Gasteiger partial charge < -0.3 is 4.90 Å². The minimum absolute atomic E-state index is 0.201. The first-order chi connectivity index (χ1) is 6.74. The van der Waals surface area contributed by atoms with Crippen LogP contribution in [0.15, 0.2) is 18.2 Å². The van der Waals surface area contributed by atoms with E-state index in [1.165, 1.54) is 0 Å². The summed E-state index contributed by atoms with van der Waals surface area (Å²) in [6.07, 6.45) is 0.598. The van der Waals surface area contributed by atoms with Crippen LogP contribution in [0.5, 0.6) is 0 Å². The molecule has 1 heterocycles. The van der Waals surface area contributed by atoms with Gasteiger partial charge in [0.15, 0.2) is 5.78 Å². The predicted octanol–water partition coefficient (Wildman–Crippen LogP) is 2.75. The van der Waals surface area contributed by atoms with Gasteiger partial charge in [0.25, 0.3) is 0 Å². The number of para-hydroxylation sites is 1. The van der Waals surface area contributed by atoms with Crippen LogP contribution in [0.3, 0.4) is 0 Å². The molecule has 0 fully saturated rings. The van der Waals surface area contributed by atoms with E-state index in [1.54, 1.807) is 0 Å². The summed E-state index contributed by atoms with van der Waals surface area (Å²) < 4.78 is 0. The van der Waals surface area contributed by atoms with Crippen molar-refractivity contribution in [2.75, 3.05) is 18.0 Å². The molecule has 2 nitrogen and oxygen atoms in total. The third kappa shape index (κ3) is 1.40. The molecule has 74 valence electrons. The first kappa shape index (κ1) is 9.53. The lowest BCUT2D eigenvalue weighted by Crippen LogP contribution is -2.32. The summed E-state index contributed by atoms with van der Waals surface area (Å²) in [5.74, 6) is 0.201. The van der Waals surface area contributed by atoms with Crippen LogP contribution < -0.4 is 4.90 Å². The van der Waals surface area contributed by atoms with Crippen LogP contribution in [0.2, 0.25) is 5.02 Å². The van der Waals surface area contributed by atoms with Crippen LogP contribution in [0, 0.1) is 0 Å². The van der Waals surface area contributed by atoms with E-state index in [2.05, 4.69) is 11.8 Å². The number of ketones is 1. The molecule has 14 heavy (non-hydrogen) atoms. The Hall–Kier alpha value is -1.02. The zero-order valence-electron chi connectivity index (χ0n) is 8.09. The van der Waals surface area contributed by atoms with E-state index < -0.39 is 0 Å². The molecule has 1 aliphatic heterocycles. The average molecular weight is 210 g/mol. The van der Waals surface area contributed by atoms with Crippen molar-refractivity contribution in [2.24, 2.45) is 0 Å². The second-order valence-corrected chi connectivity index (χ2v) is 3.80. The molecule has 0 bridgehead atoms. The number of nitrogens with zero attached hydrogens (tertiary/aromatic N) is 1. The number of benzene rings is 1. The van der Waals surface area contributed by atoms with E-state index in [9.17, 15) is 4.79 Å². The maximum absolute atomic E-state index is 11.6. The van der Waals surface area contributed by atoms with Crippen molar-refractivity contribution < 1.29 is 4.79 Å². The lowest BCUT2D eigenvalue weighted by atomic mass is 10.0. The predicted molar refractivity (Wildman–Crippen MR) is 58.3 cm³/mol. The van der Waals surface area contributed by atoms with Gasteiger partial charge in [0, 0.05) is 25.1 Å². The Bertz CT molecular complexity index is 376. The summed E-state index contributed by atoms with van der Waals surface area (Å²) in [5.41, 5.74) is 1.68. The molecular formula is C11H12ClNO. The number of hydrogen-bond donors (Lipinski definition) is 0. The van der Waals surface area contributed by atoms with E-state index in [1.807, 2.05) is 18.2 Å². The number of carbonyl (C=O) groups is 1. The molecule has 0 spiro atoms. The van der Waals surface area contributed by atoms with Gasteiger partial charge in [-0.15, -0.1) is 0 Å². The van der Waals surface area contributed by atoms with Crippen molar-refractivity contribution in [3.63, 3.8) is 0 Å². The second-order valence-electron chi connectivity index (χ2n) is 3.39. The van der Waals surface area contributed by atoms with E-state index in [-0.39, 0.29) is 5.78 Å². The molecule has 0 N–H and O–H groups in total. The Morgan fingerprint density at radius 2 is 2.29 bits per heavy atom. The van der Waals surface area contributed by atoms with Gasteiger partial charge in [-0.2, -0.15) is 0 Å². The summed E-state index contributed by atoms with van der Waals surface area (Å²) in [6, 6.07) is 5.52. The van der Waals surface area contributed by atoms with Gasteiger partial charge in [0.2, 0.25) is 0 Å². The molecule has 2 rings (SSSR count). The van der Waals surface area contributed by atoms with Crippen molar-refractivity contribution in [2.45, 2.75) is 13.3 Å². The quantitative estimate of drug-likeness (QED) is 0.709. The van der Waals surface area contributed by atoms with Gasteiger partial charge in [-0.05, 0) is 19.1 Å². The number of rotatable bonds is 1. The van der Waals surface area contributed by atoms with Gasteiger partial charge in [0.05, 0.1) is 10.7 Å². The van der Waals surface area contributed by atoms with Crippen molar-refractivity contribution in [3.05, 3.63) is 28.8 Å². The molecule has 0 atom stereocenters. The smallest absolute Gasteiger partial charge is 0.166 e. The van der Waals surface area contributed by atoms with Crippen LogP contribution in [0.1, 0.15) is 23.7 Å². The summed E-state index contributed by atoms with van der Waals surface area (Å²) >= 11 is 6.09. The molecule has 0 saturated carbocycles. The molecular weight excluding hydrogens is 198 g/mol. The Labute approximate surface area is 88.5 Å². The fourth-order valence-electron chi connectivity index (χ4n) is 1.86. The SMILES string of the molecule is CCN1CCC(=O)c2cccc(Cl)c21. The van der Waals surface area contributed by atoms with E-state index in [4.69, 9.17) is 11.6 Å². The Balaban J connectivity index is 2.57. The third-order valence-corrected chi connectivity index (χ3v) is 2.90. The van der Waals surface area contributed by atoms with E-state index in [0.29, 0.717) is 11.4 Å². The molecule has 1 aliphatic rings. The molecule has 1 aromatic rings. The van der Waals surface area contributed by atoms with E-state index in [0.717, 1.165) is 24.3 Å². The average Bonchev–Trinajstić information content (AvgIpc) is 2.20. The van der Waals surface area contributed by atoms with Crippen molar-refractivity contribution >= 4 is 23.1 Å². The Morgan fingerprint density at radius 3 is 3.00 bits per heavy atom. The topological polar surface area (TPSA) is 20.3 Å². The van der Waals surface area contributed by atoms with E-state index >= 15 is 0 Å². The number of halogens is 1. The van der Waals surface area contributed by atoms with Crippen LogP contribution in [-0.4, -0.2) is 18.9 Å². The number of anilines is 1. The lowest BCUT2D eigenvalue weighted by molar-refractivity contribution is 0.0980. The van der Waals surface area contributed by atoms with Gasteiger partial charge >= 0.3 is 0 Å². The van der Waals surface area contributed by atoms with Gasteiger partial charge in [0.1, 0.15) is 0 Å². The largest absolute Gasteiger partial charge is 0.370 e. The molecule has 0 unspecified atom stereocenters. The highest BCUT2D eigenvalue weighted by Gasteiger charge is 2.23. The summed E-state index contributed by atoms with van der Waals surface area (Å²) in [5, 5.41) is 0.678. The summed E-state index contributed by atoms with van der Waals surface area (Å²) in [7, 11) is 0. The first-order valence-corrected chi connectivity index (χ1v) is 5.18. The maximum Gasteiger partial charge on any atom is 0.166 e. The monoisotopic (exact) mass is 209 g/mol. The highest BCUT2D eigenvalue weighted by Crippen LogP contribution is 2.33. The molecule has 0 aliphatic carbocycles. The van der Waals surface area contributed by atoms with Gasteiger partial charge in [-0.3, -0.25) is 4.79 Å². The summed E-state index contributed by atoms with van der Waals surface area (Å²) in [6.45, 7) is 3.75. The normalized spacial score (nSPS) is 15.6. The molecule has 0 aromatic heterocycles. The van der Waals surface area contributed by atoms with Gasteiger partial charge in [-0.1, -0.05) is 17.7 Å². The minimum Gasteiger partial charge on any atom is -0.370 e. The third-order valence-electron chi connectivity index (χ3n) is 2.59. The maximum atomic E-state index is 11.6. The van der Waals surface area contributed by atoms with Crippen LogP contribution >= 0.6 is 11.6 Å². The Kier molecular flexibility index (Phi) is 2.46. The zero-order chi connectivity index (χ0) is 10.1. The fraction of sp³-hybridized carbons (Fsp3) is 0.364. The first-order valence-electron chi connectivity index (χ1n) is 4.80.